The van der Waals surface area contributed by atoms with E-state index in [0.29, 0.717) is 28.5 Å². The van der Waals surface area contributed by atoms with Crippen molar-refractivity contribution in [3.8, 4) is 0 Å². The molecular formula is C15H17N7O. The number of amidine groups is 1. The number of anilines is 3. The van der Waals surface area contributed by atoms with E-state index in [1.54, 1.807) is 43.4 Å². The quantitative estimate of drug-likeness (QED) is 0.331. The summed E-state index contributed by atoms with van der Waals surface area (Å²) in [5.41, 5.74) is 13.3. The fourth-order valence-corrected chi connectivity index (χ4v) is 1.81. The standard InChI is InChI=1S/C15H17N7O/c1-19-13-4-2-3-12(21-13)14(18)22-15(23)20-10-5-6-11(17)9(7-10)8-16/h2-8,16H,17H2,1H3,(H,19,21)(H3,18,20,22,23). The summed E-state index contributed by atoms with van der Waals surface area (Å²) in [6.07, 6.45) is 1.11. The molecule has 0 aliphatic carbocycles. The van der Waals surface area contributed by atoms with Crippen molar-refractivity contribution in [2.75, 3.05) is 23.4 Å². The van der Waals surface area contributed by atoms with Crippen molar-refractivity contribution in [3.05, 3.63) is 47.7 Å². The zero-order valence-electron chi connectivity index (χ0n) is 12.5. The van der Waals surface area contributed by atoms with Crippen LogP contribution in [0, 0.1) is 5.41 Å². The second kappa shape index (κ2) is 7.03. The minimum Gasteiger partial charge on any atom is -0.398 e. The lowest BCUT2D eigenvalue weighted by Crippen LogP contribution is -2.20. The van der Waals surface area contributed by atoms with E-state index in [1.807, 2.05) is 0 Å². The molecule has 0 spiro atoms. The van der Waals surface area contributed by atoms with E-state index < -0.39 is 6.03 Å². The number of aromatic nitrogens is 1. The second-order valence-corrected chi connectivity index (χ2v) is 4.57. The Morgan fingerprint density at radius 1 is 1.35 bits per heavy atom. The highest BCUT2D eigenvalue weighted by molar-refractivity contribution is 6.06. The number of hydrogen-bond donors (Lipinski definition) is 5. The summed E-state index contributed by atoms with van der Waals surface area (Å²) in [6.45, 7) is 0. The number of pyridine rings is 1. The number of aliphatic imine (C=N–C) groups is 1. The summed E-state index contributed by atoms with van der Waals surface area (Å²) >= 11 is 0. The predicted molar refractivity (Wildman–Crippen MR) is 92.3 cm³/mol. The van der Waals surface area contributed by atoms with Gasteiger partial charge in [-0.3, -0.25) is 0 Å². The average molecular weight is 311 g/mol. The summed E-state index contributed by atoms with van der Waals surface area (Å²) < 4.78 is 0. The molecule has 1 heterocycles. The van der Waals surface area contributed by atoms with Gasteiger partial charge in [-0.05, 0) is 30.3 Å². The molecule has 0 saturated heterocycles. The average Bonchev–Trinajstić information content (AvgIpc) is 2.56. The molecule has 0 aliphatic heterocycles. The number of nitrogens with one attached hydrogen (secondary N) is 3. The number of nitrogens with zero attached hydrogens (tertiary/aromatic N) is 2. The summed E-state index contributed by atoms with van der Waals surface area (Å²) in [7, 11) is 1.73. The fraction of sp³-hybridized carbons (Fsp3) is 0.0667. The maximum absolute atomic E-state index is 11.9. The van der Waals surface area contributed by atoms with Gasteiger partial charge in [0.2, 0.25) is 0 Å². The smallest absolute Gasteiger partial charge is 0.347 e. The molecule has 2 aromatic rings. The maximum Gasteiger partial charge on any atom is 0.347 e. The van der Waals surface area contributed by atoms with E-state index in [4.69, 9.17) is 16.9 Å². The van der Waals surface area contributed by atoms with Gasteiger partial charge in [0.15, 0.2) is 5.84 Å². The van der Waals surface area contributed by atoms with E-state index in [9.17, 15) is 4.79 Å². The number of carbonyl (C=O) groups is 1. The molecule has 0 aliphatic rings. The Balaban J connectivity index is 2.15. The first-order valence-electron chi connectivity index (χ1n) is 6.74. The van der Waals surface area contributed by atoms with Crippen LogP contribution in [0.15, 0.2) is 41.4 Å². The lowest BCUT2D eigenvalue weighted by Gasteiger charge is -2.06. The molecule has 0 bridgehead atoms. The van der Waals surface area contributed by atoms with Crippen LogP contribution < -0.4 is 22.1 Å². The largest absolute Gasteiger partial charge is 0.398 e. The molecule has 0 fully saturated rings. The lowest BCUT2D eigenvalue weighted by atomic mass is 10.2. The molecule has 0 radical (unpaired) electrons. The van der Waals surface area contributed by atoms with Crippen LogP contribution in [-0.4, -0.2) is 30.1 Å². The van der Waals surface area contributed by atoms with Gasteiger partial charge in [-0.2, -0.15) is 4.99 Å². The van der Waals surface area contributed by atoms with Crippen LogP contribution in [0.5, 0.6) is 0 Å². The molecule has 23 heavy (non-hydrogen) atoms. The Kier molecular flexibility index (Phi) is 4.88. The first-order valence-corrected chi connectivity index (χ1v) is 6.74. The van der Waals surface area contributed by atoms with E-state index in [2.05, 4.69) is 20.6 Å². The molecule has 0 saturated carbocycles. The van der Waals surface area contributed by atoms with Gasteiger partial charge in [0.05, 0.1) is 0 Å². The zero-order valence-corrected chi connectivity index (χ0v) is 12.5. The van der Waals surface area contributed by atoms with Crippen molar-refractivity contribution in [2.45, 2.75) is 0 Å². The van der Waals surface area contributed by atoms with Crippen LogP contribution in [-0.2, 0) is 0 Å². The van der Waals surface area contributed by atoms with E-state index in [0.717, 1.165) is 6.21 Å². The van der Waals surface area contributed by atoms with Gasteiger partial charge in [0.1, 0.15) is 11.5 Å². The van der Waals surface area contributed by atoms with Gasteiger partial charge in [-0.25, -0.2) is 9.78 Å². The number of nitrogens with two attached hydrogens (primary N) is 2. The molecule has 1 aromatic carbocycles. The van der Waals surface area contributed by atoms with Crippen molar-refractivity contribution in [3.63, 3.8) is 0 Å². The van der Waals surface area contributed by atoms with Crippen molar-refractivity contribution >= 4 is 35.3 Å². The molecule has 7 N–H and O–H groups in total. The van der Waals surface area contributed by atoms with Gasteiger partial charge >= 0.3 is 6.03 Å². The van der Waals surface area contributed by atoms with Crippen LogP contribution in [0.1, 0.15) is 11.3 Å². The topological polar surface area (TPSA) is 142 Å². The minimum absolute atomic E-state index is 0.00215. The van der Waals surface area contributed by atoms with Gasteiger partial charge in [-0.15, -0.1) is 0 Å². The van der Waals surface area contributed by atoms with Gasteiger partial charge in [0.25, 0.3) is 0 Å². The third kappa shape index (κ3) is 4.03. The molecule has 0 unspecified atom stereocenters. The summed E-state index contributed by atoms with van der Waals surface area (Å²) in [5.74, 6) is 0.623. The van der Waals surface area contributed by atoms with Crippen molar-refractivity contribution in [2.24, 2.45) is 10.7 Å². The number of urea groups is 1. The van der Waals surface area contributed by atoms with E-state index in [1.165, 1.54) is 0 Å². The molecule has 2 rings (SSSR count). The Morgan fingerprint density at radius 2 is 2.13 bits per heavy atom. The minimum atomic E-state index is -0.639. The lowest BCUT2D eigenvalue weighted by molar-refractivity contribution is 0.259. The molecule has 2 amide bonds. The van der Waals surface area contributed by atoms with E-state index >= 15 is 0 Å². The summed E-state index contributed by atoms with van der Waals surface area (Å²) in [5, 5.41) is 12.7. The third-order valence-corrected chi connectivity index (χ3v) is 2.98. The maximum atomic E-state index is 11.9. The summed E-state index contributed by atoms with van der Waals surface area (Å²) in [4.78, 5) is 19.9. The van der Waals surface area contributed by atoms with E-state index in [-0.39, 0.29) is 5.84 Å². The summed E-state index contributed by atoms with van der Waals surface area (Å²) in [6, 6.07) is 9.33. The number of hydrogen-bond acceptors (Lipinski definition) is 5. The monoisotopic (exact) mass is 311 g/mol. The van der Waals surface area contributed by atoms with Crippen molar-refractivity contribution < 1.29 is 4.79 Å². The van der Waals surface area contributed by atoms with Crippen molar-refractivity contribution in [1.29, 1.82) is 5.41 Å². The van der Waals surface area contributed by atoms with Crippen LogP contribution in [0.4, 0.5) is 22.0 Å². The molecule has 8 nitrogen and oxygen atoms in total. The third-order valence-electron chi connectivity index (χ3n) is 2.98. The Morgan fingerprint density at radius 3 is 2.83 bits per heavy atom. The molecule has 1 aromatic heterocycles. The molecule has 118 valence electrons. The van der Waals surface area contributed by atoms with Crippen LogP contribution >= 0.6 is 0 Å². The highest BCUT2D eigenvalue weighted by Gasteiger charge is 2.07. The number of nitrogen functional groups attached to an aromatic ring is 1. The first kappa shape index (κ1) is 16.0. The normalized spacial score (nSPS) is 10.9. The number of benzene rings is 1. The number of carbonyl (C=O) groups excluding carboxylic acids is 1. The SMILES string of the molecule is CNc1cccc(/C(N)=N/C(=O)Nc2ccc(N)c(C=N)c2)n1. The van der Waals surface area contributed by atoms with Gasteiger partial charge < -0.3 is 27.5 Å². The molecular weight excluding hydrogens is 294 g/mol. The highest BCUT2D eigenvalue weighted by atomic mass is 16.2. The van der Waals surface area contributed by atoms with Gasteiger partial charge in [-0.1, -0.05) is 6.07 Å². The van der Waals surface area contributed by atoms with Crippen molar-refractivity contribution in [1.82, 2.24) is 4.98 Å². The first-order chi connectivity index (χ1) is 11.0. The van der Waals surface area contributed by atoms with Crippen LogP contribution in [0.25, 0.3) is 0 Å². The highest BCUT2D eigenvalue weighted by Crippen LogP contribution is 2.16. The molecule has 0 atom stereocenters. The second-order valence-electron chi connectivity index (χ2n) is 4.57. The van der Waals surface area contributed by atoms with Gasteiger partial charge in [0, 0.05) is 30.2 Å². The Hall–Kier alpha value is -3.42. The fourth-order valence-electron chi connectivity index (χ4n) is 1.81. The zero-order chi connectivity index (χ0) is 16.8. The number of amides is 2. The van der Waals surface area contributed by atoms with Crippen LogP contribution in [0.3, 0.4) is 0 Å². The molecule has 8 heteroatoms. The Bertz CT molecular complexity index is 770. The Labute approximate surface area is 133 Å². The van der Waals surface area contributed by atoms with Crippen LogP contribution in [0.2, 0.25) is 0 Å². The predicted octanol–water partition coefficient (Wildman–Crippen LogP) is 1.64. The number of rotatable bonds is 4.